The summed E-state index contributed by atoms with van der Waals surface area (Å²) in [6, 6.07) is 4.98. The molecule has 0 bridgehead atoms. The Labute approximate surface area is 113 Å². The highest BCUT2D eigenvalue weighted by molar-refractivity contribution is 5.59. The first kappa shape index (κ1) is 14.1. The van der Waals surface area contributed by atoms with Crippen LogP contribution < -0.4 is 11.1 Å². The van der Waals surface area contributed by atoms with Gasteiger partial charge in [-0.15, -0.1) is 0 Å². The van der Waals surface area contributed by atoms with Gasteiger partial charge in [-0.25, -0.2) is 8.78 Å². The average molecular weight is 268 g/mol. The predicted molar refractivity (Wildman–Crippen MR) is 75.4 cm³/mol. The minimum atomic E-state index is -2.50. The molecule has 3 atom stereocenters. The van der Waals surface area contributed by atoms with Crippen molar-refractivity contribution in [2.75, 3.05) is 11.1 Å². The van der Waals surface area contributed by atoms with Crippen LogP contribution in [-0.4, -0.2) is 6.04 Å². The molecule has 3 unspecified atom stereocenters. The molecule has 0 aromatic heterocycles. The van der Waals surface area contributed by atoms with Crippen LogP contribution in [0, 0.1) is 11.8 Å². The number of anilines is 2. The second-order valence-corrected chi connectivity index (χ2v) is 5.79. The number of nitrogens with one attached hydrogen (secondary N) is 1. The van der Waals surface area contributed by atoms with Gasteiger partial charge < -0.3 is 11.1 Å². The molecule has 4 heteroatoms. The standard InChI is InChI=1S/C15H22F2N2/c1-9-3-5-13(10(2)7-9)19-14-6-4-11(18)8-12(14)15(16)17/h4,6,8-10,13,15,19H,3,5,7,18H2,1-2H3. The zero-order valence-electron chi connectivity index (χ0n) is 11.5. The zero-order chi connectivity index (χ0) is 14.0. The minimum absolute atomic E-state index is 0.00539. The Kier molecular flexibility index (Phi) is 4.27. The molecule has 0 saturated heterocycles. The minimum Gasteiger partial charge on any atom is -0.399 e. The van der Waals surface area contributed by atoms with Crippen molar-refractivity contribution < 1.29 is 8.78 Å². The van der Waals surface area contributed by atoms with E-state index in [0.29, 0.717) is 17.3 Å². The summed E-state index contributed by atoms with van der Waals surface area (Å²) in [7, 11) is 0. The van der Waals surface area contributed by atoms with E-state index in [1.54, 1.807) is 12.1 Å². The van der Waals surface area contributed by atoms with Gasteiger partial charge in [-0.3, -0.25) is 0 Å². The fourth-order valence-electron chi connectivity index (χ4n) is 2.97. The molecule has 106 valence electrons. The quantitative estimate of drug-likeness (QED) is 0.795. The van der Waals surface area contributed by atoms with Crippen molar-refractivity contribution in [3.63, 3.8) is 0 Å². The van der Waals surface area contributed by atoms with Crippen molar-refractivity contribution in [2.24, 2.45) is 11.8 Å². The van der Waals surface area contributed by atoms with Crippen LogP contribution in [0.25, 0.3) is 0 Å². The lowest BCUT2D eigenvalue weighted by Gasteiger charge is -2.34. The van der Waals surface area contributed by atoms with Crippen molar-refractivity contribution in [3.05, 3.63) is 23.8 Å². The van der Waals surface area contributed by atoms with Crippen molar-refractivity contribution >= 4 is 11.4 Å². The number of nitrogen functional groups attached to an aromatic ring is 1. The second kappa shape index (κ2) is 5.76. The molecular weight excluding hydrogens is 246 g/mol. The van der Waals surface area contributed by atoms with Gasteiger partial charge in [0.1, 0.15) is 0 Å². The van der Waals surface area contributed by atoms with Crippen LogP contribution in [0.3, 0.4) is 0 Å². The molecule has 1 aliphatic rings. The average Bonchev–Trinajstić information content (AvgIpc) is 2.34. The summed E-state index contributed by atoms with van der Waals surface area (Å²) in [5.74, 6) is 1.24. The normalized spacial score (nSPS) is 27.5. The van der Waals surface area contributed by atoms with Crippen LogP contribution >= 0.6 is 0 Å². The summed E-state index contributed by atoms with van der Waals surface area (Å²) < 4.78 is 26.1. The molecule has 2 nitrogen and oxygen atoms in total. The molecule has 0 amide bonds. The monoisotopic (exact) mass is 268 g/mol. The highest BCUT2D eigenvalue weighted by atomic mass is 19.3. The van der Waals surface area contributed by atoms with E-state index in [1.165, 1.54) is 6.07 Å². The molecule has 0 spiro atoms. The molecule has 0 heterocycles. The van der Waals surface area contributed by atoms with Crippen LogP contribution in [0.1, 0.15) is 45.1 Å². The van der Waals surface area contributed by atoms with Gasteiger partial charge in [-0.1, -0.05) is 13.8 Å². The van der Waals surface area contributed by atoms with E-state index in [2.05, 4.69) is 19.2 Å². The van der Waals surface area contributed by atoms with E-state index in [4.69, 9.17) is 5.73 Å². The molecule has 0 radical (unpaired) electrons. The van der Waals surface area contributed by atoms with E-state index in [1.807, 2.05) is 0 Å². The lowest BCUT2D eigenvalue weighted by molar-refractivity contribution is 0.152. The van der Waals surface area contributed by atoms with Crippen molar-refractivity contribution in [1.29, 1.82) is 0 Å². The molecule has 1 aliphatic carbocycles. The molecule has 1 aromatic carbocycles. The number of hydrogen-bond donors (Lipinski definition) is 2. The Balaban J connectivity index is 2.14. The van der Waals surface area contributed by atoms with Gasteiger partial charge in [0.2, 0.25) is 0 Å². The highest BCUT2D eigenvalue weighted by Gasteiger charge is 2.26. The van der Waals surface area contributed by atoms with Crippen LogP contribution in [0.5, 0.6) is 0 Å². The molecular formula is C15H22F2N2. The van der Waals surface area contributed by atoms with Crippen LogP contribution in [-0.2, 0) is 0 Å². The summed E-state index contributed by atoms with van der Waals surface area (Å²) in [4.78, 5) is 0. The Bertz CT molecular complexity index is 434. The summed E-state index contributed by atoms with van der Waals surface area (Å²) in [6.45, 7) is 4.44. The number of hydrogen-bond acceptors (Lipinski definition) is 2. The number of nitrogens with two attached hydrogens (primary N) is 1. The number of benzene rings is 1. The van der Waals surface area contributed by atoms with E-state index in [0.717, 1.165) is 25.2 Å². The number of halogens is 2. The summed E-state index contributed by atoms with van der Waals surface area (Å²) in [5, 5.41) is 3.29. The van der Waals surface area contributed by atoms with Crippen molar-refractivity contribution in [3.8, 4) is 0 Å². The van der Waals surface area contributed by atoms with Gasteiger partial charge in [0, 0.05) is 23.0 Å². The van der Waals surface area contributed by atoms with E-state index in [9.17, 15) is 8.78 Å². The molecule has 2 rings (SSSR count). The summed E-state index contributed by atoms with van der Waals surface area (Å²) in [5.41, 5.74) is 6.49. The molecule has 0 aliphatic heterocycles. The topological polar surface area (TPSA) is 38.0 Å². The van der Waals surface area contributed by atoms with Crippen LogP contribution in [0.2, 0.25) is 0 Å². The Hall–Kier alpha value is -1.32. The summed E-state index contributed by atoms with van der Waals surface area (Å²) in [6.07, 6.45) is 0.844. The first-order chi connectivity index (χ1) is 8.97. The van der Waals surface area contributed by atoms with Gasteiger partial charge >= 0.3 is 0 Å². The zero-order valence-corrected chi connectivity index (χ0v) is 11.5. The van der Waals surface area contributed by atoms with Crippen molar-refractivity contribution in [1.82, 2.24) is 0 Å². The maximum absolute atomic E-state index is 13.0. The van der Waals surface area contributed by atoms with Crippen LogP contribution in [0.4, 0.5) is 20.2 Å². The molecule has 19 heavy (non-hydrogen) atoms. The van der Waals surface area contributed by atoms with Crippen LogP contribution in [0.15, 0.2) is 18.2 Å². The van der Waals surface area contributed by atoms with E-state index in [-0.39, 0.29) is 11.6 Å². The summed E-state index contributed by atoms with van der Waals surface area (Å²) >= 11 is 0. The van der Waals surface area contributed by atoms with Gasteiger partial charge in [0.25, 0.3) is 6.43 Å². The molecule has 1 aromatic rings. The number of rotatable bonds is 3. The smallest absolute Gasteiger partial charge is 0.265 e. The highest BCUT2D eigenvalue weighted by Crippen LogP contribution is 2.34. The Morgan fingerprint density at radius 2 is 2.00 bits per heavy atom. The Morgan fingerprint density at radius 3 is 2.63 bits per heavy atom. The predicted octanol–water partition coefficient (Wildman–Crippen LogP) is 4.44. The second-order valence-electron chi connectivity index (χ2n) is 5.79. The molecule has 3 N–H and O–H groups in total. The molecule has 1 saturated carbocycles. The first-order valence-electron chi connectivity index (χ1n) is 6.91. The SMILES string of the molecule is CC1CCC(Nc2ccc(N)cc2C(F)F)C(C)C1. The van der Waals surface area contributed by atoms with Gasteiger partial charge in [-0.05, 0) is 49.3 Å². The van der Waals surface area contributed by atoms with E-state index < -0.39 is 6.43 Å². The van der Waals surface area contributed by atoms with Gasteiger partial charge in [0.05, 0.1) is 0 Å². The third-order valence-corrected chi connectivity index (χ3v) is 4.08. The Morgan fingerprint density at radius 1 is 1.26 bits per heavy atom. The first-order valence-corrected chi connectivity index (χ1v) is 6.91. The van der Waals surface area contributed by atoms with Crippen molar-refractivity contribution in [2.45, 2.75) is 45.6 Å². The van der Waals surface area contributed by atoms with E-state index >= 15 is 0 Å². The maximum atomic E-state index is 13.0. The van der Waals surface area contributed by atoms with Gasteiger partial charge in [0.15, 0.2) is 0 Å². The third-order valence-electron chi connectivity index (χ3n) is 4.08. The number of alkyl halides is 2. The van der Waals surface area contributed by atoms with Gasteiger partial charge in [-0.2, -0.15) is 0 Å². The fraction of sp³-hybridized carbons (Fsp3) is 0.600. The lowest BCUT2D eigenvalue weighted by Crippen LogP contribution is -2.33. The fourth-order valence-corrected chi connectivity index (χ4v) is 2.97. The lowest BCUT2D eigenvalue weighted by atomic mass is 9.79. The maximum Gasteiger partial charge on any atom is 0.265 e. The third kappa shape index (κ3) is 3.37. The largest absolute Gasteiger partial charge is 0.399 e. The molecule has 1 fully saturated rings.